The van der Waals surface area contributed by atoms with Gasteiger partial charge in [0.1, 0.15) is 5.01 Å². The molecule has 0 spiro atoms. The molecule has 1 amide bonds. The van der Waals surface area contributed by atoms with Gasteiger partial charge in [0.25, 0.3) is 0 Å². The summed E-state index contributed by atoms with van der Waals surface area (Å²) in [6, 6.07) is 11.6. The average molecular weight is 387 g/mol. The summed E-state index contributed by atoms with van der Waals surface area (Å²) in [6.45, 7) is 2.82. The Morgan fingerprint density at radius 3 is 3.00 bits per heavy atom. The number of likely N-dealkylation sites (tertiary alicyclic amines) is 1. The van der Waals surface area contributed by atoms with Gasteiger partial charge in [-0.05, 0) is 50.6 Å². The van der Waals surface area contributed by atoms with Crippen LogP contribution in [0.4, 0.5) is 5.69 Å². The predicted octanol–water partition coefficient (Wildman–Crippen LogP) is 4.51. The molecule has 1 aliphatic rings. The zero-order valence-corrected chi connectivity index (χ0v) is 15.9. The van der Waals surface area contributed by atoms with Crippen molar-refractivity contribution in [2.75, 3.05) is 11.9 Å². The predicted molar refractivity (Wildman–Crippen MR) is 106 cm³/mol. The second-order valence-electron chi connectivity index (χ2n) is 6.42. The Morgan fingerprint density at radius 1 is 1.35 bits per heavy atom. The van der Waals surface area contributed by atoms with Gasteiger partial charge in [0.2, 0.25) is 5.91 Å². The maximum Gasteiger partial charge on any atom is 0.241 e. The third-order valence-corrected chi connectivity index (χ3v) is 6.22. The van der Waals surface area contributed by atoms with E-state index in [2.05, 4.69) is 21.3 Å². The summed E-state index contributed by atoms with van der Waals surface area (Å²) in [4.78, 5) is 23.8. The van der Waals surface area contributed by atoms with E-state index in [9.17, 15) is 4.79 Å². The van der Waals surface area contributed by atoms with E-state index in [1.54, 1.807) is 29.7 Å². The molecule has 3 heterocycles. The number of pyridine rings is 1. The quantitative estimate of drug-likeness (QED) is 0.670. The van der Waals surface area contributed by atoms with Crippen molar-refractivity contribution in [1.82, 2.24) is 14.9 Å². The highest BCUT2D eigenvalue weighted by Crippen LogP contribution is 2.37. The van der Waals surface area contributed by atoms with Gasteiger partial charge in [0, 0.05) is 6.20 Å². The van der Waals surface area contributed by atoms with Crippen LogP contribution in [0.15, 0.2) is 42.6 Å². The van der Waals surface area contributed by atoms with Crippen LogP contribution in [-0.4, -0.2) is 33.4 Å². The van der Waals surface area contributed by atoms with Gasteiger partial charge in [-0.15, -0.1) is 11.3 Å². The number of nitrogens with zero attached hydrogens (tertiary/aromatic N) is 3. The van der Waals surface area contributed by atoms with Crippen LogP contribution in [0, 0.1) is 0 Å². The normalized spacial score (nSPS) is 18.9. The number of nitrogens with one attached hydrogen (secondary N) is 1. The molecular weight excluding hydrogens is 368 g/mol. The number of carbonyl (C=O) groups excluding carboxylic acids is 1. The van der Waals surface area contributed by atoms with Gasteiger partial charge in [-0.2, -0.15) is 0 Å². The third-order valence-electron chi connectivity index (χ3n) is 4.78. The number of fused-ring (bicyclic) bond motifs is 1. The van der Waals surface area contributed by atoms with E-state index in [1.165, 1.54) is 4.70 Å². The van der Waals surface area contributed by atoms with Crippen molar-refractivity contribution in [3.63, 3.8) is 0 Å². The molecule has 1 aliphatic heterocycles. The second-order valence-corrected chi connectivity index (χ2v) is 7.84. The fourth-order valence-electron chi connectivity index (χ4n) is 3.42. The average Bonchev–Trinajstić information content (AvgIpc) is 3.29. The summed E-state index contributed by atoms with van der Waals surface area (Å²) in [5, 5.41) is 4.28. The first-order valence-corrected chi connectivity index (χ1v) is 9.85. The number of carbonyl (C=O) groups is 1. The molecule has 134 valence electrons. The van der Waals surface area contributed by atoms with Crippen molar-refractivity contribution in [3.8, 4) is 0 Å². The first-order chi connectivity index (χ1) is 12.6. The molecule has 0 bridgehead atoms. The number of hydrogen-bond acceptors (Lipinski definition) is 5. The van der Waals surface area contributed by atoms with Crippen molar-refractivity contribution in [3.05, 3.63) is 52.8 Å². The van der Waals surface area contributed by atoms with Gasteiger partial charge in [-0.1, -0.05) is 23.7 Å². The van der Waals surface area contributed by atoms with Gasteiger partial charge in [-0.25, -0.2) is 9.97 Å². The summed E-state index contributed by atoms with van der Waals surface area (Å²) in [5.41, 5.74) is 1.57. The number of hydrogen-bond donors (Lipinski definition) is 1. The molecule has 1 saturated heterocycles. The largest absolute Gasteiger partial charge is 0.322 e. The molecule has 1 fully saturated rings. The minimum atomic E-state index is -0.272. The Kier molecular flexibility index (Phi) is 4.89. The highest BCUT2D eigenvalue weighted by molar-refractivity contribution is 7.18. The lowest BCUT2D eigenvalue weighted by Crippen LogP contribution is -2.41. The maximum absolute atomic E-state index is 12.7. The molecule has 2 aromatic heterocycles. The summed E-state index contributed by atoms with van der Waals surface area (Å²) in [6.07, 6.45) is 3.68. The number of anilines is 1. The third kappa shape index (κ3) is 3.32. The molecule has 4 rings (SSSR count). The van der Waals surface area contributed by atoms with Crippen LogP contribution in [0.1, 0.15) is 30.8 Å². The monoisotopic (exact) mass is 386 g/mol. The molecule has 1 aromatic carbocycles. The van der Waals surface area contributed by atoms with Crippen LogP contribution in [0.3, 0.4) is 0 Å². The van der Waals surface area contributed by atoms with E-state index < -0.39 is 0 Å². The number of para-hydroxylation sites is 1. The molecule has 5 nitrogen and oxygen atoms in total. The first kappa shape index (κ1) is 17.4. The number of halogens is 1. The summed E-state index contributed by atoms with van der Waals surface area (Å²) >= 11 is 7.77. The molecule has 3 aromatic rings. The Hall–Kier alpha value is -2.02. The zero-order chi connectivity index (χ0) is 18.1. The Labute approximate surface area is 161 Å². The van der Waals surface area contributed by atoms with E-state index in [4.69, 9.17) is 16.6 Å². The fourth-order valence-corrected chi connectivity index (χ4v) is 4.71. The Balaban J connectivity index is 1.53. The van der Waals surface area contributed by atoms with E-state index in [-0.39, 0.29) is 18.0 Å². The van der Waals surface area contributed by atoms with Crippen molar-refractivity contribution in [1.29, 1.82) is 0 Å². The lowest BCUT2D eigenvalue weighted by atomic mass is 10.2. The molecule has 2 atom stereocenters. The molecule has 7 heteroatoms. The SMILES string of the molecule is CC(C(=O)Nc1cccnc1Cl)N1CCCC1c1nc2ccccc2s1. The molecule has 0 saturated carbocycles. The number of amides is 1. The van der Waals surface area contributed by atoms with Gasteiger partial charge < -0.3 is 5.32 Å². The van der Waals surface area contributed by atoms with Gasteiger partial charge >= 0.3 is 0 Å². The van der Waals surface area contributed by atoms with Gasteiger partial charge in [-0.3, -0.25) is 9.69 Å². The van der Waals surface area contributed by atoms with Crippen LogP contribution < -0.4 is 5.32 Å². The molecule has 0 aliphatic carbocycles. The number of benzene rings is 1. The Bertz CT molecular complexity index is 911. The van der Waals surface area contributed by atoms with Crippen molar-refractivity contribution in [2.45, 2.75) is 31.8 Å². The highest BCUT2D eigenvalue weighted by Gasteiger charge is 2.35. The maximum atomic E-state index is 12.7. The smallest absolute Gasteiger partial charge is 0.241 e. The lowest BCUT2D eigenvalue weighted by molar-refractivity contribution is -0.121. The molecule has 1 N–H and O–H groups in total. The number of aromatic nitrogens is 2. The second kappa shape index (κ2) is 7.31. The minimum absolute atomic E-state index is 0.0760. The molecule has 0 radical (unpaired) electrons. The topological polar surface area (TPSA) is 58.1 Å². The van der Waals surface area contributed by atoms with Crippen molar-refractivity contribution in [2.24, 2.45) is 0 Å². The van der Waals surface area contributed by atoms with E-state index in [0.29, 0.717) is 10.8 Å². The van der Waals surface area contributed by atoms with E-state index >= 15 is 0 Å². The van der Waals surface area contributed by atoms with Crippen LogP contribution in [0.2, 0.25) is 5.15 Å². The standard InChI is InChI=1S/C19H19ClN4OS/c1-12(18(25)22-14-7-4-10-21-17(14)20)24-11-5-8-15(24)19-23-13-6-2-3-9-16(13)26-19/h2-4,6-7,9-10,12,15H,5,8,11H2,1H3,(H,22,25). The number of rotatable bonds is 4. The van der Waals surface area contributed by atoms with Crippen LogP contribution in [0.5, 0.6) is 0 Å². The molecule has 2 unspecified atom stereocenters. The summed E-state index contributed by atoms with van der Waals surface area (Å²) < 4.78 is 1.19. The Morgan fingerprint density at radius 2 is 2.19 bits per heavy atom. The molecular formula is C19H19ClN4OS. The summed E-state index contributed by atoms with van der Waals surface area (Å²) in [5.74, 6) is -0.0760. The van der Waals surface area contributed by atoms with Crippen molar-refractivity contribution < 1.29 is 4.79 Å². The van der Waals surface area contributed by atoms with Crippen LogP contribution in [-0.2, 0) is 4.79 Å². The lowest BCUT2D eigenvalue weighted by Gasteiger charge is -2.28. The minimum Gasteiger partial charge on any atom is -0.322 e. The zero-order valence-electron chi connectivity index (χ0n) is 14.4. The van der Waals surface area contributed by atoms with E-state index in [0.717, 1.165) is 29.9 Å². The van der Waals surface area contributed by atoms with Gasteiger partial charge in [0.05, 0.1) is 28.0 Å². The van der Waals surface area contributed by atoms with Crippen LogP contribution in [0.25, 0.3) is 10.2 Å². The highest BCUT2D eigenvalue weighted by atomic mass is 35.5. The number of thiazole rings is 1. The molecule has 26 heavy (non-hydrogen) atoms. The van der Waals surface area contributed by atoms with Crippen molar-refractivity contribution >= 4 is 44.7 Å². The first-order valence-electron chi connectivity index (χ1n) is 8.66. The van der Waals surface area contributed by atoms with E-state index in [1.807, 2.05) is 25.1 Å². The van der Waals surface area contributed by atoms with Crippen LogP contribution >= 0.6 is 22.9 Å². The fraction of sp³-hybridized carbons (Fsp3) is 0.316. The van der Waals surface area contributed by atoms with Gasteiger partial charge in [0.15, 0.2) is 5.15 Å². The summed E-state index contributed by atoms with van der Waals surface area (Å²) in [7, 11) is 0.